The van der Waals surface area contributed by atoms with Gasteiger partial charge in [-0.1, -0.05) is 12.1 Å². The monoisotopic (exact) mass is 490 g/mol. The number of phenolic OH excluding ortho intramolecular Hbond substituents is 2. The fourth-order valence-corrected chi connectivity index (χ4v) is 4.53. The number of hydrogen-bond donors (Lipinski definition) is 2. The number of aromatic hydroxyl groups is 2. The van der Waals surface area contributed by atoms with Gasteiger partial charge in [-0.25, -0.2) is 0 Å². The van der Waals surface area contributed by atoms with Gasteiger partial charge in [0.25, 0.3) is 0 Å². The average molecular weight is 490 g/mol. The number of phenols is 2. The normalized spacial score (nSPS) is 14.8. The Morgan fingerprint density at radius 1 is 0.861 bits per heavy atom. The lowest BCUT2D eigenvalue weighted by molar-refractivity contribution is -0.135. The zero-order valence-corrected chi connectivity index (χ0v) is 19.7. The lowest BCUT2D eigenvalue weighted by atomic mass is 9.84. The minimum atomic E-state index is -0.575. The van der Waals surface area contributed by atoms with Gasteiger partial charge in [0.15, 0.2) is 23.0 Å². The van der Waals surface area contributed by atoms with Crippen LogP contribution in [-0.4, -0.2) is 37.5 Å². The molecule has 1 aliphatic rings. The maximum absolute atomic E-state index is 13.6. The summed E-state index contributed by atoms with van der Waals surface area (Å²) in [6, 6.07) is 11.0. The van der Waals surface area contributed by atoms with Crippen molar-refractivity contribution in [3.8, 4) is 45.6 Å². The fraction of sp³-hybridized carbons (Fsp3) is 0.185. The lowest BCUT2D eigenvalue weighted by Crippen LogP contribution is -2.22. The molecule has 184 valence electrons. The highest BCUT2D eigenvalue weighted by Crippen LogP contribution is 2.46. The third-order valence-electron chi connectivity index (χ3n) is 6.27. The molecule has 0 radical (unpaired) electrons. The van der Waals surface area contributed by atoms with Crippen LogP contribution in [0.15, 0.2) is 57.9 Å². The molecule has 2 N–H and O–H groups in total. The molecule has 0 bridgehead atoms. The molecular formula is C27H22O9. The first-order valence-corrected chi connectivity index (χ1v) is 11.0. The fourth-order valence-electron chi connectivity index (χ4n) is 4.53. The van der Waals surface area contributed by atoms with E-state index in [4.69, 9.17) is 23.4 Å². The quantitative estimate of drug-likeness (QED) is 0.310. The van der Waals surface area contributed by atoms with Gasteiger partial charge in [-0.3, -0.25) is 9.59 Å². The van der Waals surface area contributed by atoms with Crippen LogP contribution in [0.5, 0.6) is 34.5 Å². The van der Waals surface area contributed by atoms with Crippen LogP contribution < -0.4 is 24.4 Å². The van der Waals surface area contributed by atoms with E-state index in [2.05, 4.69) is 0 Å². The molecule has 5 rings (SSSR count). The molecule has 0 fully saturated rings. The molecule has 36 heavy (non-hydrogen) atoms. The van der Waals surface area contributed by atoms with Gasteiger partial charge in [0.1, 0.15) is 28.7 Å². The van der Waals surface area contributed by atoms with Crippen LogP contribution in [0.1, 0.15) is 23.5 Å². The standard InChI is InChI=1S/C27H22O9/c1-32-19-7-5-14(9-21(19)34-3)16-12-35-27-24-15(13-4-6-17(28)20(8-13)33-2)10-23(30)36-22(24)11-18(29)25(27)26(16)31/h4-9,11-12,15,28-29H,10H2,1-3H3/t15-/m0/s1. The van der Waals surface area contributed by atoms with Gasteiger partial charge < -0.3 is 33.6 Å². The zero-order chi connectivity index (χ0) is 25.6. The molecule has 2 heterocycles. The van der Waals surface area contributed by atoms with Crippen molar-refractivity contribution in [2.45, 2.75) is 12.3 Å². The second-order valence-electron chi connectivity index (χ2n) is 8.22. The average Bonchev–Trinajstić information content (AvgIpc) is 2.88. The van der Waals surface area contributed by atoms with E-state index in [1.54, 1.807) is 30.3 Å². The Morgan fingerprint density at radius 2 is 1.61 bits per heavy atom. The Bertz CT molecular complexity index is 1570. The molecule has 9 nitrogen and oxygen atoms in total. The molecule has 3 aromatic carbocycles. The van der Waals surface area contributed by atoms with Crippen LogP contribution in [0.4, 0.5) is 0 Å². The second-order valence-corrected chi connectivity index (χ2v) is 8.22. The second kappa shape index (κ2) is 8.84. The number of rotatable bonds is 5. The van der Waals surface area contributed by atoms with Crippen LogP contribution >= 0.6 is 0 Å². The maximum Gasteiger partial charge on any atom is 0.312 e. The van der Waals surface area contributed by atoms with Gasteiger partial charge in [-0.15, -0.1) is 0 Å². The first-order chi connectivity index (χ1) is 17.4. The topological polar surface area (TPSA) is 125 Å². The molecule has 4 aromatic rings. The summed E-state index contributed by atoms with van der Waals surface area (Å²) in [5.74, 6) is -0.270. The summed E-state index contributed by atoms with van der Waals surface area (Å²) < 4.78 is 27.2. The van der Waals surface area contributed by atoms with E-state index >= 15 is 0 Å². The van der Waals surface area contributed by atoms with Crippen molar-refractivity contribution in [2.24, 2.45) is 0 Å². The van der Waals surface area contributed by atoms with Crippen molar-refractivity contribution >= 4 is 16.9 Å². The predicted octanol–water partition coefficient (Wildman–Crippen LogP) is 4.34. The highest BCUT2D eigenvalue weighted by Gasteiger charge is 2.34. The molecule has 0 saturated heterocycles. The molecule has 0 saturated carbocycles. The molecule has 9 heteroatoms. The van der Waals surface area contributed by atoms with Crippen LogP contribution in [0, 0.1) is 0 Å². The molecule has 0 unspecified atom stereocenters. The molecule has 1 aliphatic heterocycles. The van der Waals surface area contributed by atoms with Crippen molar-refractivity contribution in [1.82, 2.24) is 0 Å². The number of carbonyl (C=O) groups is 1. The summed E-state index contributed by atoms with van der Waals surface area (Å²) in [6.45, 7) is 0. The van der Waals surface area contributed by atoms with Crippen LogP contribution in [0.25, 0.3) is 22.1 Å². The number of fused-ring (bicyclic) bond motifs is 3. The zero-order valence-electron chi connectivity index (χ0n) is 19.7. The molecule has 0 amide bonds. The molecule has 1 aromatic heterocycles. The number of esters is 1. The van der Waals surface area contributed by atoms with Crippen molar-refractivity contribution in [1.29, 1.82) is 0 Å². The number of ether oxygens (including phenoxy) is 4. The van der Waals surface area contributed by atoms with E-state index in [-0.39, 0.29) is 46.0 Å². The number of methoxy groups -OCH3 is 3. The largest absolute Gasteiger partial charge is 0.507 e. The summed E-state index contributed by atoms with van der Waals surface area (Å²) in [4.78, 5) is 26.0. The van der Waals surface area contributed by atoms with Gasteiger partial charge in [-0.2, -0.15) is 0 Å². The molecule has 0 aliphatic carbocycles. The van der Waals surface area contributed by atoms with Gasteiger partial charge in [-0.05, 0) is 35.4 Å². The van der Waals surface area contributed by atoms with E-state index in [0.29, 0.717) is 28.2 Å². The summed E-state index contributed by atoms with van der Waals surface area (Å²) in [5, 5.41) is 20.7. The van der Waals surface area contributed by atoms with Gasteiger partial charge in [0.05, 0.1) is 33.3 Å². The Morgan fingerprint density at radius 3 is 2.33 bits per heavy atom. The van der Waals surface area contributed by atoms with E-state index < -0.39 is 17.3 Å². The Hall–Kier alpha value is -4.66. The summed E-state index contributed by atoms with van der Waals surface area (Å²) in [7, 11) is 4.42. The molecule has 1 atom stereocenters. The molecular weight excluding hydrogens is 468 g/mol. The third-order valence-corrected chi connectivity index (χ3v) is 6.27. The Labute approximate surface area is 205 Å². The summed E-state index contributed by atoms with van der Waals surface area (Å²) in [5.41, 5.74) is 1.42. The smallest absolute Gasteiger partial charge is 0.312 e. The van der Waals surface area contributed by atoms with Crippen LogP contribution in [0.3, 0.4) is 0 Å². The van der Waals surface area contributed by atoms with Crippen LogP contribution in [-0.2, 0) is 4.79 Å². The van der Waals surface area contributed by atoms with Crippen molar-refractivity contribution in [2.75, 3.05) is 21.3 Å². The first kappa shape index (κ1) is 23.1. The minimum absolute atomic E-state index is 0.0397. The lowest BCUT2D eigenvalue weighted by Gasteiger charge is -2.26. The number of hydrogen-bond acceptors (Lipinski definition) is 9. The Balaban J connectivity index is 1.74. The van der Waals surface area contributed by atoms with Crippen molar-refractivity contribution < 1.29 is 38.4 Å². The Kier molecular flexibility index (Phi) is 5.68. The van der Waals surface area contributed by atoms with E-state index in [0.717, 1.165) is 0 Å². The van der Waals surface area contributed by atoms with Gasteiger partial charge >= 0.3 is 5.97 Å². The van der Waals surface area contributed by atoms with Gasteiger partial charge in [0.2, 0.25) is 5.43 Å². The van der Waals surface area contributed by atoms with E-state index in [9.17, 15) is 19.8 Å². The highest BCUT2D eigenvalue weighted by atomic mass is 16.5. The third kappa shape index (κ3) is 3.65. The van der Waals surface area contributed by atoms with Crippen LogP contribution in [0.2, 0.25) is 0 Å². The van der Waals surface area contributed by atoms with Crippen molar-refractivity contribution in [3.63, 3.8) is 0 Å². The van der Waals surface area contributed by atoms with E-state index in [1.807, 2.05) is 0 Å². The summed E-state index contributed by atoms with van der Waals surface area (Å²) >= 11 is 0. The SMILES string of the molecule is COc1cc([C@@H]2CC(=O)Oc3cc(O)c4c(=O)c(-c5ccc(OC)c(OC)c5)coc4c32)ccc1O. The highest BCUT2D eigenvalue weighted by molar-refractivity contribution is 5.94. The number of benzene rings is 3. The van der Waals surface area contributed by atoms with Crippen molar-refractivity contribution in [3.05, 3.63) is 70.1 Å². The minimum Gasteiger partial charge on any atom is -0.507 e. The first-order valence-electron chi connectivity index (χ1n) is 11.0. The predicted molar refractivity (Wildman–Crippen MR) is 129 cm³/mol. The van der Waals surface area contributed by atoms with Gasteiger partial charge in [0, 0.05) is 17.5 Å². The maximum atomic E-state index is 13.6. The number of carbonyl (C=O) groups excluding carboxylic acids is 1. The summed E-state index contributed by atoms with van der Waals surface area (Å²) in [6.07, 6.45) is 1.26. The van der Waals surface area contributed by atoms with E-state index in [1.165, 1.54) is 39.7 Å². The molecule has 0 spiro atoms.